The molecule has 0 unspecified atom stereocenters. The maximum Gasteiger partial charge on any atom is 0.211 e. The van der Waals surface area contributed by atoms with E-state index in [9.17, 15) is 8.42 Å². The molecule has 1 rings (SSSR count). The van der Waals surface area contributed by atoms with E-state index >= 15 is 0 Å². The van der Waals surface area contributed by atoms with Crippen LogP contribution in [0.3, 0.4) is 0 Å². The molecule has 0 heterocycles. The molecule has 8 heteroatoms. The summed E-state index contributed by atoms with van der Waals surface area (Å²) in [4.78, 5) is 4.64. The van der Waals surface area contributed by atoms with Gasteiger partial charge in [0.1, 0.15) is 11.4 Å². The fraction of sp³-hybridized carbons (Fsp3) is 0.650. The van der Waals surface area contributed by atoms with Crippen LogP contribution in [-0.2, 0) is 16.6 Å². The van der Waals surface area contributed by atoms with Crippen LogP contribution in [0.15, 0.2) is 29.3 Å². The van der Waals surface area contributed by atoms with E-state index < -0.39 is 10.0 Å². The van der Waals surface area contributed by atoms with Gasteiger partial charge >= 0.3 is 0 Å². The van der Waals surface area contributed by atoms with E-state index in [0.29, 0.717) is 38.6 Å². The molecule has 1 aromatic carbocycles. The molecule has 0 atom stereocenters. The first-order chi connectivity index (χ1) is 13.1. The minimum atomic E-state index is -3.15. The van der Waals surface area contributed by atoms with Crippen molar-refractivity contribution in [1.82, 2.24) is 14.9 Å². The number of rotatable bonds is 10. The minimum Gasteiger partial charge on any atom is -0.488 e. The molecule has 2 N–H and O–H groups in total. The molecule has 0 radical (unpaired) electrons. The second-order valence-electron chi connectivity index (χ2n) is 7.55. The zero-order chi connectivity index (χ0) is 21.2. The van der Waals surface area contributed by atoms with E-state index in [2.05, 4.69) is 15.6 Å². The van der Waals surface area contributed by atoms with E-state index in [-0.39, 0.29) is 5.60 Å². The first-order valence-electron chi connectivity index (χ1n) is 9.81. The quantitative estimate of drug-likeness (QED) is 0.351. The van der Waals surface area contributed by atoms with Gasteiger partial charge in [0.05, 0.1) is 12.8 Å². The van der Waals surface area contributed by atoms with Crippen LogP contribution in [0.4, 0.5) is 0 Å². The average molecular weight is 413 g/mol. The second kappa shape index (κ2) is 11.3. The maximum atomic E-state index is 11.6. The third kappa shape index (κ3) is 9.41. The van der Waals surface area contributed by atoms with Gasteiger partial charge in [-0.2, -0.15) is 0 Å². The lowest BCUT2D eigenvalue weighted by Gasteiger charge is -2.23. The van der Waals surface area contributed by atoms with E-state index in [0.717, 1.165) is 17.9 Å². The Morgan fingerprint density at radius 2 is 1.86 bits per heavy atom. The van der Waals surface area contributed by atoms with Gasteiger partial charge in [0.25, 0.3) is 0 Å². The largest absolute Gasteiger partial charge is 0.488 e. The van der Waals surface area contributed by atoms with Crippen LogP contribution in [0, 0.1) is 0 Å². The summed E-state index contributed by atoms with van der Waals surface area (Å²) >= 11 is 0. The summed E-state index contributed by atoms with van der Waals surface area (Å²) in [5, 5.41) is 6.49. The van der Waals surface area contributed by atoms with Gasteiger partial charge in [0.2, 0.25) is 10.0 Å². The Kier molecular flexibility index (Phi) is 9.75. The molecule has 0 saturated carbocycles. The van der Waals surface area contributed by atoms with Gasteiger partial charge in [-0.3, -0.25) is 0 Å². The number of sulfonamides is 1. The highest BCUT2D eigenvalue weighted by Crippen LogP contribution is 2.23. The zero-order valence-electron chi connectivity index (χ0n) is 18.1. The van der Waals surface area contributed by atoms with E-state index in [1.807, 2.05) is 58.9 Å². The molecule has 1 aromatic rings. The van der Waals surface area contributed by atoms with Crippen LogP contribution >= 0.6 is 0 Å². The predicted octanol–water partition coefficient (Wildman–Crippen LogP) is 2.59. The third-order valence-corrected chi connectivity index (χ3v) is 5.22. The summed E-state index contributed by atoms with van der Waals surface area (Å²) in [7, 11) is -3.15. The van der Waals surface area contributed by atoms with Crippen molar-refractivity contribution in [3.8, 4) is 5.75 Å². The lowest BCUT2D eigenvalue weighted by molar-refractivity contribution is 0.129. The van der Waals surface area contributed by atoms with Crippen LogP contribution in [0.5, 0.6) is 5.75 Å². The molecule has 160 valence electrons. The summed E-state index contributed by atoms with van der Waals surface area (Å²) in [5.41, 5.74) is 0.747. The summed E-state index contributed by atoms with van der Waals surface area (Å²) in [6.07, 6.45) is 1.95. The van der Waals surface area contributed by atoms with Crippen molar-refractivity contribution >= 4 is 16.0 Å². The number of hydrogen-bond donors (Lipinski definition) is 2. The molecule has 0 aliphatic heterocycles. The van der Waals surface area contributed by atoms with Gasteiger partial charge in [-0.15, -0.1) is 0 Å². The maximum absolute atomic E-state index is 11.6. The van der Waals surface area contributed by atoms with E-state index in [4.69, 9.17) is 4.74 Å². The van der Waals surface area contributed by atoms with Crippen LogP contribution in [-0.4, -0.2) is 56.7 Å². The lowest BCUT2D eigenvalue weighted by atomic mass is 10.1. The number of ether oxygens (including phenoxy) is 1. The van der Waals surface area contributed by atoms with Crippen molar-refractivity contribution in [2.24, 2.45) is 4.99 Å². The van der Waals surface area contributed by atoms with E-state index in [1.54, 1.807) is 0 Å². The highest BCUT2D eigenvalue weighted by molar-refractivity contribution is 7.88. The Morgan fingerprint density at radius 1 is 1.18 bits per heavy atom. The number of nitrogens with one attached hydrogen (secondary N) is 2. The number of nitrogens with zero attached hydrogens (tertiary/aromatic N) is 2. The van der Waals surface area contributed by atoms with Gasteiger partial charge in [0.15, 0.2) is 5.96 Å². The van der Waals surface area contributed by atoms with Crippen LogP contribution < -0.4 is 15.4 Å². The fourth-order valence-corrected chi connectivity index (χ4v) is 3.52. The highest BCUT2D eigenvalue weighted by atomic mass is 32.2. The van der Waals surface area contributed by atoms with Crippen molar-refractivity contribution < 1.29 is 13.2 Å². The normalized spacial score (nSPS) is 12.9. The monoisotopic (exact) mass is 412 g/mol. The SMILES string of the molecule is CCNC(=NCc1ccccc1OC(C)(C)C)NCCCN(CC)S(C)(=O)=O. The highest BCUT2D eigenvalue weighted by Gasteiger charge is 2.15. The molecule has 0 amide bonds. The topological polar surface area (TPSA) is 83.0 Å². The number of benzene rings is 1. The Balaban J connectivity index is 2.68. The third-order valence-electron chi connectivity index (χ3n) is 3.84. The summed E-state index contributed by atoms with van der Waals surface area (Å²) in [6.45, 7) is 12.8. The summed E-state index contributed by atoms with van der Waals surface area (Å²) in [6, 6.07) is 7.91. The first kappa shape index (κ1) is 24.2. The molecule has 7 nitrogen and oxygen atoms in total. The number of aliphatic imine (C=N–C) groups is 1. The van der Waals surface area contributed by atoms with Gasteiger partial charge < -0.3 is 15.4 Å². The molecular formula is C20H36N4O3S. The lowest BCUT2D eigenvalue weighted by Crippen LogP contribution is -2.39. The molecule has 0 aliphatic carbocycles. The second-order valence-corrected chi connectivity index (χ2v) is 9.53. The molecule has 0 aliphatic rings. The molecule has 0 aromatic heterocycles. The Hall–Kier alpha value is -1.80. The average Bonchev–Trinajstić information content (AvgIpc) is 2.58. The van der Waals surface area contributed by atoms with Crippen LogP contribution in [0.2, 0.25) is 0 Å². The van der Waals surface area contributed by atoms with Crippen LogP contribution in [0.25, 0.3) is 0 Å². The molecule has 28 heavy (non-hydrogen) atoms. The first-order valence-corrected chi connectivity index (χ1v) is 11.7. The zero-order valence-corrected chi connectivity index (χ0v) is 18.9. The van der Waals surface area contributed by atoms with Crippen molar-refractivity contribution in [3.05, 3.63) is 29.8 Å². The number of para-hydroxylation sites is 1. The van der Waals surface area contributed by atoms with Gasteiger partial charge in [-0.05, 0) is 40.2 Å². The minimum absolute atomic E-state index is 0.271. The van der Waals surface area contributed by atoms with Crippen molar-refractivity contribution in [3.63, 3.8) is 0 Å². The van der Waals surface area contributed by atoms with Gasteiger partial charge in [0, 0.05) is 31.7 Å². The number of guanidine groups is 1. The van der Waals surface area contributed by atoms with Crippen molar-refractivity contribution in [2.75, 3.05) is 32.4 Å². The van der Waals surface area contributed by atoms with Crippen molar-refractivity contribution in [2.45, 2.75) is 53.2 Å². The van der Waals surface area contributed by atoms with Gasteiger partial charge in [-0.1, -0.05) is 25.1 Å². The standard InChI is InChI=1S/C20H36N4O3S/c1-7-21-19(22-14-11-15-24(8-2)28(6,25)26)23-16-17-12-9-10-13-18(17)27-20(3,4)5/h9-10,12-13H,7-8,11,14-16H2,1-6H3,(H2,21,22,23). The molecule has 0 bridgehead atoms. The Morgan fingerprint density at radius 3 is 2.43 bits per heavy atom. The smallest absolute Gasteiger partial charge is 0.211 e. The molecular weight excluding hydrogens is 376 g/mol. The Labute approximate surface area is 170 Å². The molecule has 0 spiro atoms. The fourth-order valence-electron chi connectivity index (χ4n) is 2.59. The Bertz CT molecular complexity index is 727. The van der Waals surface area contributed by atoms with Crippen molar-refractivity contribution in [1.29, 1.82) is 0 Å². The van der Waals surface area contributed by atoms with Gasteiger partial charge in [-0.25, -0.2) is 17.7 Å². The predicted molar refractivity (Wildman–Crippen MR) is 116 cm³/mol. The summed E-state index contributed by atoms with van der Waals surface area (Å²) < 4.78 is 30.8. The number of hydrogen-bond acceptors (Lipinski definition) is 4. The molecule has 0 fully saturated rings. The van der Waals surface area contributed by atoms with E-state index in [1.165, 1.54) is 10.6 Å². The molecule has 0 saturated heterocycles. The van der Waals surface area contributed by atoms with Crippen LogP contribution in [0.1, 0.15) is 46.6 Å². The summed E-state index contributed by atoms with van der Waals surface area (Å²) in [5.74, 6) is 1.54.